The van der Waals surface area contributed by atoms with Crippen LogP contribution in [0.2, 0.25) is 0 Å². The fourth-order valence-electron chi connectivity index (χ4n) is 2.50. The summed E-state index contributed by atoms with van der Waals surface area (Å²) in [6.45, 7) is 12.2. The van der Waals surface area contributed by atoms with E-state index in [1.165, 1.54) is 44.1 Å². The summed E-state index contributed by atoms with van der Waals surface area (Å²) in [7, 11) is 0. The molecule has 1 aliphatic rings. The van der Waals surface area contributed by atoms with Gasteiger partial charge in [-0.2, -0.15) is 0 Å². The first-order valence-corrected chi connectivity index (χ1v) is 7.09. The second-order valence-electron chi connectivity index (χ2n) is 5.42. The van der Waals surface area contributed by atoms with Crippen molar-refractivity contribution in [3.8, 4) is 0 Å². The lowest BCUT2D eigenvalue weighted by Crippen LogP contribution is -2.36. The Hall–Kier alpha value is -0.300. The summed E-state index contributed by atoms with van der Waals surface area (Å²) < 4.78 is 0. The molecule has 1 aliphatic carbocycles. The van der Waals surface area contributed by atoms with Gasteiger partial charge in [-0.05, 0) is 50.5 Å². The van der Waals surface area contributed by atoms with Crippen LogP contribution in [-0.4, -0.2) is 12.6 Å². The molecule has 0 amide bonds. The van der Waals surface area contributed by atoms with Crippen LogP contribution < -0.4 is 5.32 Å². The molecule has 1 N–H and O–H groups in total. The van der Waals surface area contributed by atoms with Crippen LogP contribution in [0.1, 0.15) is 59.3 Å². The van der Waals surface area contributed by atoms with E-state index in [-0.39, 0.29) is 0 Å². The van der Waals surface area contributed by atoms with Crippen LogP contribution in [0.15, 0.2) is 12.2 Å². The number of hydrogen-bond acceptors (Lipinski definition) is 1. The second kappa shape index (κ2) is 7.11. The summed E-state index contributed by atoms with van der Waals surface area (Å²) in [5.74, 6) is 1.82. The third-order valence-corrected chi connectivity index (χ3v) is 3.86. The van der Waals surface area contributed by atoms with Crippen molar-refractivity contribution in [1.29, 1.82) is 0 Å². The van der Waals surface area contributed by atoms with Gasteiger partial charge >= 0.3 is 0 Å². The predicted octanol–water partition coefficient (Wildman–Crippen LogP) is 4.15. The molecule has 0 heterocycles. The lowest BCUT2D eigenvalue weighted by atomic mass is 9.90. The minimum Gasteiger partial charge on any atom is -0.314 e. The first kappa shape index (κ1) is 13.8. The predicted molar refractivity (Wildman–Crippen MR) is 72.6 cm³/mol. The summed E-state index contributed by atoms with van der Waals surface area (Å²) in [6.07, 6.45) is 7.88. The van der Waals surface area contributed by atoms with Crippen molar-refractivity contribution in [2.45, 2.75) is 65.3 Å². The first-order chi connectivity index (χ1) is 7.69. The molecule has 94 valence electrons. The number of rotatable bonds is 9. The van der Waals surface area contributed by atoms with Gasteiger partial charge in [-0.1, -0.05) is 39.3 Å². The highest BCUT2D eigenvalue weighted by Gasteiger charge is 2.32. The Kier molecular flexibility index (Phi) is 6.12. The van der Waals surface area contributed by atoms with E-state index in [9.17, 15) is 0 Å². The Morgan fingerprint density at radius 2 is 2.06 bits per heavy atom. The summed E-state index contributed by atoms with van der Waals surface area (Å²) in [4.78, 5) is 0. The second-order valence-corrected chi connectivity index (χ2v) is 5.42. The highest BCUT2D eigenvalue weighted by atomic mass is 14.9. The minimum atomic E-state index is 0.668. The number of nitrogens with one attached hydrogen (secondary N) is 1. The summed E-state index contributed by atoms with van der Waals surface area (Å²) in [5, 5.41) is 3.65. The highest BCUT2D eigenvalue weighted by Crippen LogP contribution is 2.39. The Balaban J connectivity index is 2.33. The van der Waals surface area contributed by atoms with Gasteiger partial charge in [0.1, 0.15) is 0 Å². The molecule has 1 unspecified atom stereocenters. The molecule has 1 fully saturated rings. The van der Waals surface area contributed by atoms with Crippen LogP contribution >= 0.6 is 0 Å². The molecule has 0 radical (unpaired) electrons. The van der Waals surface area contributed by atoms with Crippen LogP contribution in [0, 0.1) is 11.8 Å². The third-order valence-electron chi connectivity index (χ3n) is 3.86. The number of hydrogen-bond donors (Lipinski definition) is 1. The Morgan fingerprint density at radius 1 is 1.38 bits per heavy atom. The summed E-state index contributed by atoms with van der Waals surface area (Å²) in [6, 6.07) is 0.668. The first-order valence-electron chi connectivity index (χ1n) is 7.09. The molecule has 1 saturated carbocycles. The monoisotopic (exact) mass is 223 g/mol. The minimum absolute atomic E-state index is 0.668. The van der Waals surface area contributed by atoms with Crippen LogP contribution in [0.3, 0.4) is 0 Å². The Labute approximate surface area is 102 Å². The topological polar surface area (TPSA) is 12.0 Å². The smallest absolute Gasteiger partial charge is 0.0132 e. The van der Waals surface area contributed by atoms with Gasteiger partial charge in [0.2, 0.25) is 0 Å². The van der Waals surface area contributed by atoms with E-state index in [4.69, 9.17) is 0 Å². The van der Waals surface area contributed by atoms with Crippen LogP contribution in [0.25, 0.3) is 0 Å². The molecule has 1 rings (SSSR count). The molecule has 1 heteroatoms. The molecule has 1 nitrogen and oxygen atoms in total. The van der Waals surface area contributed by atoms with Crippen LogP contribution in [0.5, 0.6) is 0 Å². The van der Waals surface area contributed by atoms with E-state index in [1.807, 2.05) is 0 Å². The molecule has 0 spiro atoms. The van der Waals surface area contributed by atoms with Crippen molar-refractivity contribution in [1.82, 2.24) is 5.32 Å². The van der Waals surface area contributed by atoms with Crippen LogP contribution in [-0.2, 0) is 0 Å². The van der Waals surface area contributed by atoms with E-state index in [2.05, 4.69) is 32.7 Å². The Morgan fingerprint density at radius 3 is 2.56 bits per heavy atom. The van der Waals surface area contributed by atoms with Gasteiger partial charge in [0.25, 0.3) is 0 Å². The highest BCUT2D eigenvalue weighted by molar-refractivity contribution is 5.00. The van der Waals surface area contributed by atoms with E-state index >= 15 is 0 Å². The molecule has 0 aromatic heterocycles. The zero-order valence-electron chi connectivity index (χ0n) is 11.4. The van der Waals surface area contributed by atoms with Gasteiger partial charge < -0.3 is 5.32 Å². The average Bonchev–Trinajstić information content (AvgIpc) is 3.08. The van der Waals surface area contributed by atoms with Gasteiger partial charge in [-0.25, -0.2) is 0 Å². The lowest BCUT2D eigenvalue weighted by molar-refractivity contribution is 0.342. The molecular formula is C15H29N. The molecule has 0 saturated heterocycles. The van der Waals surface area contributed by atoms with Gasteiger partial charge in [0, 0.05) is 6.04 Å². The summed E-state index contributed by atoms with van der Waals surface area (Å²) >= 11 is 0. The average molecular weight is 223 g/mol. The van der Waals surface area contributed by atoms with Crippen molar-refractivity contribution in [3.63, 3.8) is 0 Å². The fourth-order valence-corrected chi connectivity index (χ4v) is 2.50. The SMILES string of the molecule is C=C(CCCC)C[C@@H](NCC)C(C)C1CC1. The molecule has 0 bridgehead atoms. The molecule has 16 heavy (non-hydrogen) atoms. The van der Waals surface area contributed by atoms with Gasteiger partial charge in [-0.15, -0.1) is 0 Å². The van der Waals surface area contributed by atoms with E-state index < -0.39 is 0 Å². The van der Waals surface area contributed by atoms with Gasteiger partial charge in [-0.3, -0.25) is 0 Å². The summed E-state index contributed by atoms with van der Waals surface area (Å²) in [5.41, 5.74) is 1.44. The van der Waals surface area contributed by atoms with Crippen LogP contribution in [0.4, 0.5) is 0 Å². The van der Waals surface area contributed by atoms with E-state index in [0.29, 0.717) is 6.04 Å². The quantitative estimate of drug-likeness (QED) is 0.579. The zero-order valence-corrected chi connectivity index (χ0v) is 11.4. The van der Waals surface area contributed by atoms with E-state index in [1.54, 1.807) is 0 Å². The number of unbranched alkanes of at least 4 members (excludes halogenated alkanes) is 1. The molecule has 0 aliphatic heterocycles. The van der Waals surface area contributed by atoms with Crippen molar-refractivity contribution in [2.75, 3.05) is 6.54 Å². The van der Waals surface area contributed by atoms with Crippen molar-refractivity contribution < 1.29 is 0 Å². The molecule has 2 atom stereocenters. The normalized spacial score (nSPS) is 19.4. The van der Waals surface area contributed by atoms with Gasteiger partial charge in [0.05, 0.1) is 0 Å². The maximum atomic E-state index is 4.24. The zero-order chi connectivity index (χ0) is 12.0. The van der Waals surface area contributed by atoms with Crippen molar-refractivity contribution in [2.24, 2.45) is 11.8 Å². The Bertz CT molecular complexity index is 205. The van der Waals surface area contributed by atoms with Gasteiger partial charge in [0.15, 0.2) is 0 Å². The van der Waals surface area contributed by atoms with Crippen molar-refractivity contribution >= 4 is 0 Å². The maximum absolute atomic E-state index is 4.24. The largest absolute Gasteiger partial charge is 0.314 e. The molecular weight excluding hydrogens is 194 g/mol. The lowest BCUT2D eigenvalue weighted by Gasteiger charge is -2.25. The standard InChI is InChI=1S/C15H29N/c1-5-7-8-12(3)11-15(16-6-2)13(4)14-9-10-14/h13-16H,3,5-11H2,1-2,4H3/t13?,15-/m1/s1. The van der Waals surface area contributed by atoms with E-state index in [0.717, 1.165) is 18.4 Å². The maximum Gasteiger partial charge on any atom is 0.0132 e. The fraction of sp³-hybridized carbons (Fsp3) is 0.867. The van der Waals surface area contributed by atoms with Crippen molar-refractivity contribution in [3.05, 3.63) is 12.2 Å². The third kappa shape index (κ3) is 4.69. The molecule has 0 aromatic carbocycles. The molecule has 0 aromatic rings.